The Kier molecular flexibility index (Phi) is 5.11. The van der Waals surface area contributed by atoms with Crippen molar-refractivity contribution in [2.75, 3.05) is 18.4 Å². The number of carbonyl (C=O) groups is 1. The number of anilines is 1. The van der Waals surface area contributed by atoms with Crippen LogP contribution in [0.25, 0.3) is 0 Å². The predicted molar refractivity (Wildman–Crippen MR) is 98.6 cm³/mol. The first-order valence-corrected chi connectivity index (χ1v) is 8.98. The van der Waals surface area contributed by atoms with E-state index in [-0.39, 0.29) is 5.91 Å². The molecule has 5 heteroatoms. The van der Waals surface area contributed by atoms with Gasteiger partial charge in [-0.25, -0.2) is 0 Å². The Labute approximate surface area is 149 Å². The second kappa shape index (κ2) is 7.30. The lowest BCUT2D eigenvalue weighted by Crippen LogP contribution is -2.42. The Hall–Kier alpha value is -2.30. The third-order valence-corrected chi connectivity index (χ3v) is 4.78. The molecule has 3 rings (SSSR count). The average molecular weight is 341 g/mol. The molecular weight excluding hydrogens is 314 g/mol. The van der Waals surface area contributed by atoms with Crippen LogP contribution in [0.2, 0.25) is 0 Å². The number of aromatic nitrogens is 1. The Morgan fingerprint density at radius 1 is 1.24 bits per heavy atom. The molecule has 0 bridgehead atoms. The first-order chi connectivity index (χ1) is 11.9. The van der Waals surface area contributed by atoms with Crippen molar-refractivity contribution in [3.8, 4) is 0 Å². The molecule has 1 saturated heterocycles. The molecule has 2 aromatic rings. The second-order valence-electron chi connectivity index (χ2n) is 7.47. The molecule has 2 heterocycles. The van der Waals surface area contributed by atoms with E-state index < -0.39 is 0 Å². The van der Waals surface area contributed by atoms with E-state index in [1.54, 1.807) is 0 Å². The number of amides is 1. The largest absolute Gasteiger partial charge is 0.379 e. The van der Waals surface area contributed by atoms with Gasteiger partial charge in [-0.2, -0.15) is 0 Å². The van der Waals surface area contributed by atoms with E-state index in [0.29, 0.717) is 18.4 Å². The molecule has 1 fully saturated rings. The summed E-state index contributed by atoms with van der Waals surface area (Å²) in [7, 11) is 0. The summed E-state index contributed by atoms with van der Waals surface area (Å²) < 4.78 is 5.09. The summed E-state index contributed by atoms with van der Waals surface area (Å²) in [4.78, 5) is 14.9. The third kappa shape index (κ3) is 4.21. The number of rotatable bonds is 4. The Morgan fingerprint density at radius 3 is 2.60 bits per heavy atom. The van der Waals surface area contributed by atoms with Gasteiger partial charge >= 0.3 is 0 Å². The van der Waals surface area contributed by atoms with E-state index >= 15 is 0 Å². The molecule has 0 aliphatic carbocycles. The zero-order chi connectivity index (χ0) is 18.0. The van der Waals surface area contributed by atoms with E-state index in [1.807, 2.05) is 43.0 Å². The predicted octanol–water partition coefficient (Wildman–Crippen LogP) is 4.02. The van der Waals surface area contributed by atoms with Gasteiger partial charge in [-0.05, 0) is 49.8 Å². The standard InChI is InChI=1S/C20H27N3O2/c1-13-7-14(2)12-23(11-13)20(24)17-6-5-15(3)19(9-17)21-10-18-8-16(4)25-22-18/h5-6,8-9,13-14,21H,7,10-12H2,1-4H3/t13-,14-/m1/s1. The molecule has 0 radical (unpaired) electrons. The maximum Gasteiger partial charge on any atom is 0.253 e. The number of likely N-dealkylation sites (tertiary alicyclic amines) is 1. The summed E-state index contributed by atoms with van der Waals surface area (Å²) in [6.45, 7) is 10.6. The highest BCUT2D eigenvalue weighted by Crippen LogP contribution is 2.24. The fourth-order valence-corrected chi connectivity index (χ4v) is 3.64. The van der Waals surface area contributed by atoms with Gasteiger partial charge in [-0.15, -0.1) is 0 Å². The van der Waals surface area contributed by atoms with Crippen molar-refractivity contribution in [1.82, 2.24) is 10.1 Å². The number of hydrogen-bond donors (Lipinski definition) is 1. The minimum atomic E-state index is 0.124. The van der Waals surface area contributed by atoms with Crippen LogP contribution >= 0.6 is 0 Å². The molecule has 5 nitrogen and oxygen atoms in total. The minimum absolute atomic E-state index is 0.124. The molecule has 1 N–H and O–H groups in total. The molecule has 0 spiro atoms. The number of hydrogen-bond acceptors (Lipinski definition) is 4. The summed E-state index contributed by atoms with van der Waals surface area (Å²) in [6.07, 6.45) is 1.20. The van der Waals surface area contributed by atoms with Crippen molar-refractivity contribution in [3.05, 3.63) is 46.8 Å². The molecule has 1 aromatic carbocycles. The van der Waals surface area contributed by atoms with Crippen LogP contribution in [-0.2, 0) is 6.54 Å². The van der Waals surface area contributed by atoms with Crippen molar-refractivity contribution in [2.24, 2.45) is 11.8 Å². The van der Waals surface area contributed by atoms with E-state index in [1.165, 1.54) is 6.42 Å². The summed E-state index contributed by atoms with van der Waals surface area (Å²) in [5.41, 5.74) is 3.67. The topological polar surface area (TPSA) is 58.4 Å². The van der Waals surface area contributed by atoms with Gasteiger partial charge in [0.05, 0.1) is 6.54 Å². The number of piperidine rings is 1. The Morgan fingerprint density at radius 2 is 1.96 bits per heavy atom. The molecular formula is C20H27N3O2. The highest BCUT2D eigenvalue weighted by atomic mass is 16.5. The lowest BCUT2D eigenvalue weighted by molar-refractivity contribution is 0.0623. The lowest BCUT2D eigenvalue weighted by Gasteiger charge is -2.35. The molecule has 1 aromatic heterocycles. The van der Waals surface area contributed by atoms with E-state index in [9.17, 15) is 4.79 Å². The van der Waals surface area contributed by atoms with Crippen molar-refractivity contribution >= 4 is 11.6 Å². The zero-order valence-electron chi connectivity index (χ0n) is 15.5. The highest BCUT2D eigenvalue weighted by Gasteiger charge is 2.26. The second-order valence-corrected chi connectivity index (χ2v) is 7.47. The number of nitrogens with zero attached hydrogens (tertiary/aromatic N) is 2. The van der Waals surface area contributed by atoms with Gasteiger partial charge in [-0.1, -0.05) is 25.1 Å². The number of benzene rings is 1. The van der Waals surface area contributed by atoms with Crippen LogP contribution in [0.4, 0.5) is 5.69 Å². The van der Waals surface area contributed by atoms with Crippen LogP contribution in [0.15, 0.2) is 28.8 Å². The van der Waals surface area contributed by atoms with Gasteiger partial charge in [0.15, 0.2) is 0 Å². The number of nitrogens with one attached hydrogen (secondary N) is 1. The molecule has 1 amide bonds. The fraction of sp³-hybridized carbons (Fsp3) is 0.500. The van der Waals surface area contributed by atoms with Gasteiger partial charge in [-0.3, -0.25) is 4.79 Å². The molecule has 0 unspecified atom stereocenters. The van der Waals surface area contributed by atoms with Crippen LogP contribution in [0.3, 0.4) is 0 Å². The summed E-state index contributed by atoms with van der Waals surface area (Å²) in [5, 5.41) is 7.36. The van der Waals surface area contributed by atoms with E-state index in [0.717, 1.165) is 41.4 Å². The van der Waals surface area contributed by atoms with Crippen LogP contribution < -0.4 is 5.32 Å². The minimum Gasteiger partial charge on any atom is -0.379 e. The lowest BCUT2D eigenvalue weighted by atomic mass is 9.91. The van der Waals surface area contributed by atoms with Gasteiger partial charge in [0.25, 0.3) is 5.91 Å². The smallest absolute Gasteiger partial charge is 0.253 e. The molecule has 25 heavy (non-hydrogen) atoms. The zero-order valence-corrected chi connectivity index (χ0v) is 15.5. The van der Waals surface area contributed by atoms with Crippen molar-refractivity contribution in [3.63, 3.8) is 0 Å². The summed E-state index contributed by atoms with van der Waals surface area (Å²) >= 11 is 0. The SMILES string of the molecule is Cc1cc(CNc2cc(C(=O)N3C[C@H](C)C[C@@H](C)C3)ccc2C)no1. The Bertz CT molecular complexity index is 743. The normalized spacial score (nSPS) is 20.6. The van der Waals surface area contributed by atoms with Crippen LogP contribution in [0, 0.1) is 25.7 Å². The quantitative estimate of drug-likeness (QED) is 0.912. The van der Waals surface area contributed by atoms with Gasteiger partial charge in [0.2, 0.25) is 0 Å². The van der Waals surface area contributed by atoms with Gasteiger partial charge in [0, 0.05) is 30.4 Å². The molecule has 0 saturated carbocycles. The maximum atomic E-state index is 12.9. The Balaban J connectivity index is 1.72. The van der Waals surface area contributed by atoms with E-state index in [4.69, 9.17) is 4.52 Å². The van der Waals surface area contributed by atoms with Gasteiger partial charge < -0.3 is 14.7 Å². The summed E-state index contributed by atoms with van der Waals surface area (Å²) in [6, 6.07) is 7.79. The maximum absolute atomic E-state index is 12.9. The van der Waals surface area contributed by atoms with Crippen molar-refractivity contribution in [2.45, 2.75) is 40.7 Å². The third-order valence-electron chi connectivity index (χ3n) is 4.78. The monoisotopic (exact) mass is 341 g/mol. The van der Waals surface area contributed by atoms with Crippen molar-refractivity contribution in [1.29, 1.82) is 0 Å². The average Bonchev–Trinajstić information content (AvgIpc) is 2.98. The molecule has 1 aliphatic heterocycles. The first kappa shape index (κ1) is 17.5. The molecule has 1 aliphatic rings. The fourth-order valence-electron chi connectivity index (χ4n) is 3.64. The molecule has 2 atom stereocenters. The van der Waals surface area contributed by atoms with Crippen LogP contribution in [-0.4, -0.2) is 29.1 Å². The van der Waals surface area contributed by atoms with E-state index in [2.05, 4.69) is 24.3 Å². The summed E-state index contributed by atoms with van der Waals surface area (Å²) in [5.74, 6) is 2.04. The first-order valence-electron chi connectivity index (χ1n) is 8.98. The van der Waals surface area contributed by atoms with Gasteiger partial charge in [0.1, 0.15) is 11.5 Å². The highest BCUT2D eigenvalue weighted by molar-refractivity contribution is 5.95. The van der Waals surface area contributed by atoms with Crippen LogP contribution in [0.5, 0.6) is 0 Å². The number of carbonyl (C=O) groups excluding carboxylic acids is 1. The van der Waals surface area contributed by atoms with Crippen molar-refractivity contribution < 1.29 is 9.32 Å². The number of aryl methyl sites for hydroxylation is 2. The van der Waals surface area contributed by atoms with Crippen LogP contribution in [0.1, 0.15) is 47.6 Å². The molecule has 134 valence electrons.